The number of hydrogen-bond acceptors (Lipinski definition) is 4. The first kappa shape index (κ1) is 13.4. The van der Waals surface area contributed by atoms with E-state index in [9.17, 15) is 4.79 Å². The first-order valence-electron chi connectivity index (χ1n) is 6.57. The lowest BCUT2D eigenvalue weighted by Crippen LogP contribution is -2.61. The zero-order valence-corrected chi connectivity index (χ0v) is 11.6. The Morgan fingerprint density at radius 3 is 2.90 bits per heavy atom. The molecule has 1 aromatic carbocycles. The molecule has 2 heterocycles. The van der Waals surface area contributed by atoms with Crippen LogP contribution in [-0.4, -0.2) is 31.1 Å². The number of carbonyl (C=O) groups excluding carboxylic acids is 1. The van der Waals surface area contributed by atoms with E-state index in [1.54, 1.807) is 0 Å². The van der Waals surface area contributed by atoms with Crippen LogP contribution < -0.4 is 21.5 Å². The molecule has 0 aromatic heterocycles. The van der Waals surface area contributed by atoms with Crippen LogP contribution in [0.25, 0.3) is 0 Å². The number of amides is 1. The van der Waals surface area contributed by atoms with Crippen molar-refractivity contribution in [3.05, 3.63) is 34.9 Å². The molecule has 2 saturated heterocycles. The van der Waals surface area contributed by atoms with Crippen LogP contribution in [0.5, 0.6) is 0 Å². The third kappa shape index (κ3) is 2.92. The average molecular weight is 294 g/mol. The standard InChI is InChI=1S/C13H16ClN5O/c14-9-3-1-8(2-4-9)5-6-15-13-17-11-10(7-16-19-11)12(20)18-13/h1-4,10-11,16,19H,5-7H2,(H2,15,17,18,20). The van der Waals surface area contributed by atoms with Gasteiger partial charge in [0.2, 0.25) is 5.91 Å². The molecule has 7 heteroatoms. The average Bonchev–Trinajstić information content (AvgIpc) is 2.90. The number of hydrogen-bond donors (Lipinski definition) is 4. The largest absolute Gasteiger partial charge is 0.339 e. The van der Waals surface area contributed by atoms with Crippen LogP contribution in [0.15, 0.2) is 29.3 Å². The van der Waals surface area contributed by atoms with E-state index in [4.69, 9.17) is 11.6 Å². The monoisotopic (exact) mass is 293 g/mol. The van der Waals surface area contributed by atoms with Crippen molar-refractivity contribution in [1.29, 1.82) is 0 Å². The summed E-state index contributed by atoms with van der Waals surface area (Å²) in [5.74, 6) is 0.433. The second-order valence-electron chi connectivity index (χ2n) is 4.85. The van der Waals surface area contributed by atoms with Gasteiger partial charge in [0, 0.05) is 18.1 Å². The minimum Gasteiger partial charge on any atom is -0.339 e. The molecule has 2 unspecified atom stereocenters. The van der Waals surface area contributed by atoms with Gasteiger partial charge in [0.05, 0.1) is 5.92 Å². The van der Waals surface area contributed by atoms with Gasteiger partial charge in [-0.1, -0.05) is 23.7 Å². The molecule has 20 heavy (non-hydrogen) atoms. The number of guanidine groups is 1. The fraction of sp³-hybridized carbons (Fsp3) is 0.385. The lowest BCUT2D eigenvalue weighted by atomic mass is 10.1. The number of hydrazine groups is 1. The van der Waals surface area contributed by atoms with E-state index in [0.717, 1.165) is 11.4 Å². The summed E-state index contributed by atoms with van der Waals surface area (Å²) in [5, 5.41) is 6.68. The Morgan fingerprint density at radius 1 is 1.30 bits per heavy atom. The van der Waals surface area contributed by atoms with Crippen molar-refractivity contribution in [2.45, 2.75) is 12.6 Å². The minimum absolute atomic E-state index is 0.00325. The molecule has 2 aliphatic rings. The summed E-state index contributed by atoms with van der Waals surface area (Å²) in [6, 6.07) is 7.69. The lowest BCUT2D eigenvalue weighted by Gasteiger charge is -2.27. The van der Waals surface area contributed by atoms with Crippen LogP contribution in [0.4, 0.5) is 0 Å². The molecule has 0 bridgehead atoms. The highest BCUT2D eigenvalue weighted by Gasteiger charge is 2.37. The van der Waals surface area contributed by atoms with Crippen molar-refractivity contribution in [3.63, 3.8) is 0 Å². The molecule has 106 valence electrons. The maximum atomic E-state index is 11.8. The van der Waals surface area contributed by atoms with E-state index in [2.05, 4.69) is 26.5 Å². The van der Waals surface area contributed by atoms with Gasteiger partial charge in [-0.15, -0.1) is 0 Å². The lowest BCUT2D eigenvalue weighted by molar-refractivity contribution is -0.124. The zero-order chi connectivity index (χ0) is 13.9. The molecule has 2 aliphatic heterocycles. The van der Waals surface area contributed by atoms with Gasteiger partial charge in [-0.05, 0) is 24.1 Å². The first-order chi connectivity index (χ1) is 9.72. The van der Waals surface area contributed by atoms with Crippen molar-refractivity contribution in [1.82, 2.24) is 21.5 Å². The molecule has 0 aliphatic carbocycles. The van der Waals surface area contributed by atoms with Crippen LogP contribution in [-0.2, 0) is 11.2 Å². The summed E-state index contributed by atoms with van der Waals surface area (Å²) in [5.41, 5.74) is 7.14. The van der Waals surface area contributed by atoms with E-state index in [1.807, 2.05) is 24.3 Å². The number of aliphatic imine (C=N–C) groups is 1. The predicted octanol–water partition coefficient (Wildman–Crippen LogP) is 0.00800. The fourth-order valence-corrected chi connectivity index (χ4v) is 2.43. The molecule has 1 aromatic rings. The molecule has 0 saturated carbocycles. The van der Waals surface area contributed by atoms with Crippen LogP contribution in [0.1, 0.15) is 5.56 Å². The van der Waals surface area contributed by atoms with Gasteiger partial charge in [0.25, 0.3) is 0 Å². The van der Waals surface area contributed by atoms with Crippen LogP contribution in [0, 0.1) is 5.92 Å². The van der Waals surface area contributed by atoms with Gasteiger partial charge < -0.3 is 5.32 Å². The summed E-state index contributed by atoms with van der Waals surface area (Å²) in [4.78, 5) is 16.2. The Bertz CT molecular complexity index is 530. The van der Waals surface area contributed by atoms with E-state index in [1.165, 1.54) is 5.56 Å². The Labute approximate surface area is 122 Å². The van der Waals surface area contributed by atoms with Crippen LogP contribution >= 0.6 is 11.6 Å². The van der Waals surface area contributed by atoms with Crippen molar-refractivity contribution in [2.24, 2.45) is 10.9 Å². The maximum absolute atomic E-state index is 11.8. The van der Waals surface area contributed by atoms with Crippen molar-refractivity contribution in [3.8, 4) is 0 Å². The SMILES string of the molecule is O=C1NC(=NCCc2ccc(Cl)cc2)NC2NNCC12. The fourth-order valence-electron chi connectivity index (χ4n) is 2.30. The Hall–Kier alpha value is -1.63. The smallest absolute Gasteiger partial charge is 0.234 e. The van der Waals surface area contributed by atoms with E-state index in [-0.39, 0.29) is 18.0 Å². The highest BCUT2D eigenvalue weighted by molar-refractivity contribution is 6.30. The van der Waals surface area contributed by atoms with Crippen molar-refractivity contribution >= 4 is 23.5 Å². The molecule has 6 nitrogen and oxygen atoms in total. The van der Waals surface area contributed by atoms with Gasteiger partial charge in [-0.2, -0.15) is 0 Å². The summed E-state index contributed by atoms with van der Waals surface area (Å²) in [6.07, 6.45) is 0.718. The zero-order valence-electron chi connectivity index (χ0n) is 10.8. The van der Waals surface area contributed by atoms with Gasteiger partial charge >= 0.3 is 0 Å². The molecule has 0 spiro atoms. The topological polar surface area (TPSA) is 77.5 Å². The molecule has 2 fully saturated rings. The Morgan fingerprint density at radius 2 is 2.10 bits per heavy atom. The third-order valence-corrected chi connectivity index (χ3v) is 3.69. The van der Waals surface area contributed by atoms with Crippen LogP contribution in [0.3, 0.4) is 0 Å². The number of fused-ring (bicyclic) bond motifs is 1. The van der Waals surface area contributed by atoms with E-state index in [0.29, 0.717) is 19.0 Å². The second-order valence-corrected chi connectivity index (χ2v) is 5.29. The summed E-state index contributed by atoms with van der Waals surface area (Å²) >= 11 is 5.84. The molecular weight excluding hydrogens is 278 g/mol. The molecule has 0 radical (unpaired) electrons. The summed E-state index contributed by atoms with van der Waals surface area (Å²) < 4.78 is 0. The summed E-state index contributed by atoms with van der Waals surface area (Å²) in [6.45, 7) is 1.23. The van der Waals surface area contributed by atoms with Gasteiger partial charge in [0.1, 0.15) is 6.17 Å². The highest BCUT2D eigenvalue weighted by Crippen LogP contribution is 2.11. The van der Waals surface area contributed by atoms with E-state index >= 15 is 0 Å². The van der Waals surface area contributed by atoms with Crippen molar-refractivity contribution < 1.29 is 4.79 Å². The molecule has 4 N–H and O–H groups in total. The van der Waals surface area contributed by atoms with Crippen LogP contribution in [0.2, 0.25) is 5.02 Å². The quantitative estimate of drug-likeness (QED) is 0.633. The number of rotatable bonds is 3. The maximum Gasteiger partial charge on any atom is 0.234 e. The third-order valence-electron chi connectivity index (χ3n) is 3.44. The summed E-state index contributed by atoms with van der Waals surface area (Å²) in [7, 11) is 0. The number of halogens is 1. The second kappa shape index (κ2) is 5.78. The minimum atomic E-state index is -0.0924. The normalized spacial score (nSPS) is 27.1. The molecule has 1 amide bonds. The van der Waals surface area contributed by atoms with E-state index < -0.39 is 0 Å². The number of nitrogens with zero attached hydrogens (tertiary/aromatic N) is 1. The molecular formula is C13H16ClN5O. The first-order valence-corrected chi connectivity index (χ1v) is 6.95. The highest BCUT2D eigenvalue weighted by atomic mass is 35.5. The Balaban J connectivity index is 1.56. The number of carbonyl (C=O) groups is 1. The number of benzene rings is 1. The number of nitrogens with one attached hydrogen (secondary N) is 4. The Kier molecular flexibility index (Phi) is 3.86. The van der Waals surface area contributed by atoms with Gasteiger partial charge in [0.15, 0.2) is 5.96 Å². The predicted molar refractivity (Wildman–Crippen MR) is 77.2 cm³/mol. The molecule has 2 atom stereocenters. The molecule has 3 rings (SSSR count). The van der Waals surface area contributed by atoms with Gasteiger partial charge in [-0.25, -0.2) is 5.43 Å². The van der Waals surface area contributed by atoms with Crippen molar-refractivity contribution in [2.75, 3.05) is 13.1 Å². The van der Waals surface area contributed by atoms with Gasteiger partial charge in [-0.3, -0.25) is 20.5 Å².